The summed E-state index contributed by atoms with van der Waals surface area (Å²) in [7, 11) is 0. The number of hydrogen-bond acceptors (Lipinski definition) is 2. The molecule has 0 bridgehead atoms. The second-order valence-electron chi connectivity index (χ2n) is 6.94. The molecule has 1 amide bonds. The number of nitrogens with zero attached hydrogens (tertiary/aromatic N) is 1. The molecule has 1 aliphatic heterocycles. The van der Waals surface area contributed by atoms with Gasteiger partial charge < -0.3 is 10.2 Å². The van der Waals surface area contributed by atoms with Crippen LogP contribution in [0.5, 0.6) is 0 Å². The molecule has 1 N–H and O–H groups in total. The Morgan fingerprint density at radius 2 is 1.96 bits per heavy atom. The number of fused-ring (bicyclic) bond motifs is 1. The molecule has 3 fully saturated rings. The first-order valence-corrected chi connectivity index (χ1v) is 8.90. The Hall–Kier alpha value is -0.770. The largest absolute Gasteiger partial charge is 0.333 e. The predicted molar refractivity (Wildman–Crippen MR) is 95.0 cm³/mol. The molecule has 2 saturated carbocycles. The van der Waals surface area contributed by atoms with E-state index in [1.165, 1.54) is 25.7 Å². The molecule has 3 atom stereocenters. The quantitative estimate of drug-likeness (QED) is 0.878. The number of nitrogens with one attached hydrogen (secondary N) is 1. The number of hydrogen-bond donors (Lipinski definition) is 1. The summed E-state index contributed by atoms with van der Waals surface area (Å²) < 4.78 is 0. The van der Waals surface area contributed by atoms with Crippen molar-refractivity contribution < 1.29 is 4.79 Å². The van der Waals surface area contributed by atoms with Crippen LogP contribution in [0.3, 0.4) is 0 Å². The summed E-state index contributed by atoms with van der Waals surface area (Å²) in [6, 6.07) is 8.08. The van der Waals surface area contributed by atoms with E-state index in [1.54, 1.807) is 0 Å². The fraction of sp³-hybridized carbons (Fsp3) is 0.611. The van der Waals surface area contributed by atoms with Crippen LogP contribution in [0.1, 0.15) is 37.3 Å². The molecule has 0 aromatic heterocycles. The van der Waals surface area contributed by atoms with Crippen LogP contribution >= 0.6 is 24.0 Å². The lowest BCUT2D eigenvalue weighted by Crippen LogP contribution is -2.49. The molecule has 1 saturated heterocycles. The van der Waals surface area contributed by atoms with Crippen molar-refractivity contribution in [3.05, 3.63) is 34.9 Å². The van der Waals surface area contributed by atoms with Crippen molar-refractivity contribution in [2.24, 2.45) is 17.8 Å². The topological polar surface area (TPSA) is 32.3 Å². The van der Waals surface area contributed by atoms with E-state index in [-0.39, 0.29) is 18.4 Å². The molecule has 126 valence electrons. The Bertz CT molecular complexity index is 568. The summed E-state index contributed by atoms with van der Waals surface area (Å²) in [5.41, 5.74) is 1.15. The van der Waals surface area contributed by atoms with E-state index in [1.807, 2.05) is 18.2 Å². The summed E-state index contributed by atoms with van der Waals surface area (Å²) in [4.78, 5) is 15.2. The molecule has 0 radical (unpaired) electrons. The fourth-order valence-corrected chi connectivity index (χ4v) is 4.73. The standard InChI is InChI=1S/C18H23ClN2O.ClH/c19-13-5-3-4-12(10-13)16-11-20-8-9-21(16)18(22)17-14-6-1-2-7-15(14)17;/h3-5,10,14-17,20H,1-2,6-9,11H2;1H. The van der Waals surface area contributed by atoms with Gasteiger partial charge in [0.2, 0.25) is 5.91 Å². The molecule has 3 nitrogen and oxygen atoms in total. The summed E-state index contributed by atoms with van der Waals surface area (Å²) in [6.07, 6.45) is 5.14. The molecule has 3 unspecified atom stereocenters. The summed E-state index contributed by atoms with van der Waals surface area (Å²) in [6.45, 7) is 2.53. The average molecular weight is 355 g/mol. The zero-order chi connectivity index (χ0) is 15.1. The zero-order valence-electron chi connectivity index (χ0n) is 13.2. The minimum atomic E-state index is 0. The van der Waals surface area contributed by atoms with E-state index in [0.29, 0.717) is 23.7 Å². The molecule has 5 heteroatoms. The SMILES string of the molecule is Cl.O=C(C1C2CCCCC21)N1CCNCC1c1cccc(Cl)c1. The van der Waals surface area contributed by atoms with Crippen LogP contribution in [0.2, 0.25) is 5.02 Å². The second kappa shape index (κ2) is 7.00. The van der Waals surface area contributed by atoms with Crippen molar-refractivity contribution in [1.29, 1.82) is 0 Å². The van der Waals surface area contributed by atoms with Crippen LogP contribution in [0.15, 0.2) is 24.3 Å². The average Bonchev–Trinajstić information content (AvgIpc) is 3.28. The van der Waals surface area contributed by atoms with Gasteiger partial charge in [-0.3, -0.25) is 4.79 Å². The van der Waals surface area contributed by atoms with Crippen LogP contribution in [0.25, 0.3) is 0 Å². The van der Waals surface area contributed by atoms with Gasteiger partial charge in [0.25, 0.3) is 0 Å². The molecule has 1 aromatic carbocycles. The maximum Gasteiger partial charge on any atom is 0.226 e. The molecule has 3 aliphatic rings. The lowest BCUT2D eigenvalue weighted by atomic mass is 10.0. The van der Waals surface area contributed by atoms with E-state index in [4.69, 9.17) is 11.6 Å². The van der Waals surface area contributed by atoms with Crippen LogP contribution in [0.4, 0.5) is 0 Å². The van der Waals surface area contributed by atoms with E-state index >= 15 is 0 Å². The lowest BCUT2D eigenvalue weighted by Gasteiger charge is -2.37. The Labute approximate surface area is 149 Å². The number of piperazine rings is 1. The van der Waals surface area contributed by atoms with Gasteiger partial charge in [-0.05, 0) is 42.4 Å². The molecule has 23 heavy (non-hydrogen) atoms. The number of rotatable bonds is 2. The van der Waals surface area contributed by atoms with Gasteiger partial charge in [-0.25, -0.2) is 0 Å². The van der Waals surface area contributed by atoms with Gasteiger partial charge in [-0.1, -0.05) is 36.6 Å². The van der Waals surface area contributed by atoms with Gasteiger partial charge in [-0.2, -0.15) is 0 Å². The van der Waals surface area contributed by atoms with Gasteiger partial charge in [0, 0.05) is 30.6 Å². The molecule has 0 spiro atoms. The molecule has 4 rings (SSSR count). The van der Waals surface area contributed by atoms with Crippen molar-refractivity contribution in [1.82, 2.24) is 10.2 Å². The smallest absolute Gasteiger partial charge is 0.226 e. The van der Waals surface area contributed by atoms with Crippen LogP contribution in [-0.4, -0.2) is 30.4 Å². The monoisotopic (exact) mass is 354 g/mol. The lowest BCUT2D eigenvalue weighted by molar-refractivity contribution is -0.136. The Balaban J connectivity index is 0.00000156. The van der Waals surface area contributed by atoms with Crippen LogP contribution in [0, 0.1) is 17.8 Å². The highest BCUT2D eigenvalue weighted by Gasteiger charge is 2.56. The van der Waals surface area contributed by atoms with E-state index in [0.717, 1.165) is 30.2 Å². The van der Waals surface area contributed by atoms with Crippen molar-refractivity contribution in [2.75, 3.05) is 19.6 Å². The number of benzene rings is 1. The van der Waals surface area contributed by atoms with Crippen LogP contribution in [-0.2, 0) is 4.79 Å². The predicted octanol–water partition coefficient (Wildman–Crippen LogP) is 3.67. The molecular weight excluding hydrogens is 331 g/mol. The highest BCUT2D eigenvalue weighted by Crippen LogP contribution is 2.56. The summed E-state index contributed by atoms with van der Waals surface area (Å²) >= 11 is 6.14. The molecule has 2 aliphatic carbocycles. The number of carbonyl (C=O) groups is 1. The molecular formula is C18H24Cl2N2O. The fourth-order valence-electron chi connectivity index (χ4n) is 4.53. The Morgan fingerprint density at radius 3 is 2.65 bits per heavy atom. The Kier molecular flexibility index (Phi) is 5.19. The maximum atomic E-state index is 13.1. The van der Waals surface area contributed by atoms with E-state index in [2.05, 4.69) is 16.3 Å². The highest BCUT2D eigenvalue weighted by atomic mass is 35.5. The van der Waals surface area contributed by atoms with Crippen molar-refractivity contribution in [3.63, 3.8) is 0 Å². The maximum absolute atomic E-state index is 13.1. The van der Waals surface area contributed by atoms with Crippen molar-refractivity contribution in [2.45, 2.75) is 31.7 Å². The molecule has 1 aromatic rings. The third-order valence-electron chi connectivity index (χ3n) is 5.70. The minimum Gasteiger partial charge on any atom is -0.333 e. The third kappa shape index (κ3) is 3.24. The summed E-state index contributed by atoms with van der Waals surface area (Å²) in [5, 5.41) is 4.17. The van der Waals surface area contributed by atoms with Crippen molar-refractivity contribution >= 4 is 29.9 Å². The van der Waals surface area contributed by atoms with E-state index in [9.17, 15) is 4.79 Å². The van der Waals surface area contributed by atoms with Gasteiger partial charge in [-0.15, -0.1) is 12.4 Å². The Morgan fingerprint density at radius 1 is 1.22 bits per heavy atom. The molecule has 1 heterocycles. The third-order valence-corrected chi connectivity index (χ3v) is 5.94. The van der Waals surface area contributed by atoms with Gasteiger partial charge in [0.05, 0.1) is 6.04 Å². The normalized spacial score (nSPS) is 32.7. The minimum absolute atomic E-state index is 0. The van der Waals surface area contributed by atoms with Gasteiger partial charge >= 0.3 is 0 Å². The van der Waals surface area contributed by atoms with Crippen LogP contribution < -0.4 is 5.32 Å². The number of carbonyl (C=O) groups excluding carboxylic acids is 1. The first-order chi connectivity index (χ1) is 10.8. The van der Waals surface area contributed by atoms with Gasteiger partial charge in [0.15, 0.2) is 0 Å². The number of amides is 1. The van der Waals surface area contributed by atoms with Gasteiger partial charge in [0.1, 0.15) is 0 Å². The highest BCUT2D eigenvalue weighted by molar-refractivity contribution is 6.30. The number of halogens is 2. The summed E-state index contributed by atoms with van der Waals surface area (Å²) in [5.74, 6) is 2.05. The first kappa shape index (κ1) is 17.1. The first-order valence-electron chi connectivity index (χ1n) is 8.52. The van der Waals surface area contributed by atoms with Crippen molar-refractivity contribution in [3.8, 4) is 0 Å². The second-order valence-corrected chi connectivity index (χ2v) is 7.38. The zero-order valence-corrected chi connectivity index (χ0v) is 14.8. The van der Waals surface area contributed by atoms with E-state index < -0.39 is 0 Å².